The molecule has 4 heteroatoms. The number of rotatable bonds is 6. The molecular weight excluding hydrogens is 250 g/mol. The summed E-state index contributed by atoms with van der Waals surface area (Å²) < 4.78 is 0. The fourth-order valence-corrected chi connectivity index (χ4v) is 3.65. The number of hydrogen-bond acceptors (Lipinski definition) is 3. The van der Waals surface area contributed by atoms with Gasteiger partial charge in [-0.2, -0.15) is 0 Å². The summed E-state index contributed by atoms with van der Waals surface area (Å²) in [6, 6.07) is 0. The van der Waals surface area contributed by atoms with Gasteiger partial charge in [-0.25, -0.2) is 0 Å². The molecule has 2 aliphatic rings. The van der Waals surface area contributed by atoms with Gasteiger partial charge in [0.05, 0.1) is 5.92 Å². The standard InChI is InChI=1S/C16H31N3O/c17-9-10-18-16(20)15-7-4-11-19(13-15)12-8-14-5-2-1-3-6-14/h14-15H,1-13,17H2,(H,18,20). The molecule has 4 nitrogen and oxygen atoms in total. The zero-order chi connectivity index (χ0) is 14.2. The van der Waals surface area contributed by atoms with Crippen molar-refractivity contribution in [3.05, 3.63) is 0 Å². The molecular formula is C16H31N3O. The van der Waals surface area contributed by atoms with E-state index in [-0.39, 0.29) is 11.8 Å². The van der Waals surface area contributed by atoms with E-state index in [9.17, 15) is 4.79 Å². The summed E-state index contributed by atoms with van der Waals surface area (Å²) in [5, 5.41) is 2.94. The molecule has 0 aromatic carbocycles. The summed E-state index contributed by atoms with van der Waals surface area (Å²) in [6.07, 6.45) is 10.7. The molecule has 0 aromatic heterocycles. The van der Waals surface area contributed by atoms with E-state index in [1.54, 1.807) is 0 Å². The number of carbonyl (C=O) groups excluding carboxylic acids is 1. The molecule has 0 bridgehead atoms. The van der Waals surface area contributed by atoms with E-state index in [1.165, 1.54) is 51.6 Å². The number of likely N-dealkylation sites (tertiary alicyclic amines) is 1. The Labute approximate surface area is 123 Å². The third-order valence-electron chi connectivity index (χ3n) is 4.90. The molecule has 20 heavy (non-hydrogen) atoms. The van der Waals surface area contributed by atoms with Crippen molar-refractivity contribution >= 4 is 5.91 Å². The fraction of sp³-hybridized carbons (Fsp3) is 0.938. The molecule has 1 saturated carbocycles. The van der Waals surface area contributed by atoms with Crippen LogP contribution >= 0.6 is 0 Å². The highest BCUT2D eigenvalue weighted by Gasteiger charge is 2.25. The SMILES string of the molecule is NCCNC(=O)C1CCCN(CCC2CCCCC2)C1. The normalized spacial score (nSPS) is 25.6. The van der Waals surface area contributed by atoms with E-state index in [0.29, 0.717) is 13.1 Å². The summed E-state index contributed by atoms with van der Waals surface area (Å²) in [5.74, 6) is 1.33. The molecule has 1 unspecified atom stereocenters. The van der Waals surface area contributed by atoms with Crippen LogP contribution in [-0.2, 0) is 4.79 Å². The molecule has 1 atom stereocenters. The number of amides is 1. The van der Waals surface area contributed by atoms with Gasteiger partial charge in [-0.1, -0.05) is 32.1 Å². The Bertz CT molecular complexity index is 289. The maximum atomic E-state index is 12.0. The number of nitrogens with zero attached hydrogens (tertiary/aromatic N) is 1. The minimum atomic E-state index is 0.182. The van der Waals surface area contributed by atoms with Crippen LogP contribution in [0.15, 0.2) is 0 Å². The van der Waals surface area contributed by atoms with Gasteiger partial charge in [0.1, 0.15) is 0 Å². The minimum absolute atomic E-state index is 0.182. The number of carbonyl (C=O) groups is 1. The minimum Gasteiger partial charge on any atom is -0.355 e. The third kappa shape index (κ3) is 5.06. The van der Waals surface area contributed by atoms with Crippen molar-refractivity contribution in [2.45, 2.75) is 51.4 Å². The van der Waals surface area contributed by atoms with Crippen LogP contribution in [0.5, 0.6) is 0 Å². The highest BCUT2D eigenvalue weighted by atomic mass is 16.1. The van der Waals surface area contributed by atoms with Gasteiger partial charge in [0.25, 0.3) is 0 Å². The molecule has 2 rings (SSSR count). The smallest absolute Gasteiger partial charge is 0.224 e. The monoisotopic (exact) mass is 281 g/mol. The van der Waals surface area contributed by atoms with Crippen molar-refractivity contribution in [2.75, 3.05) is 32.7 Å². The van der Waals surface area contributed by atoms with Gasteiger partial charge in [-0.15, -0.1) is 0 Å². The lowest BCUT2D eigenvalue weighted by Crippen LogP contribution is -2.44. The van der Waals surface area contributed by atoms with Crippen LogP contribution in [0.25, 0.3) is 0 Å². The Kier molecular flexibility index (Phi) is 6.80. The van der Waals surface area contributed by atoms with Gasteiger partial charge in [-0.05, 0) is 38.3 Å². The second kappa shape index (κ2) is 8.63. The first-order chi connectivity index (χ1) is 9.79. The Morgan fingerprint density at radius 2 is 1.95 bits per heavy atom. The summed E-state index contributed by atoms with van der Waals surface area (Å²) in [6.45, 7) is 4.45. The van der Waals surface area contributed by atoms with Gasteiger partial charge < -0.3 is 16.0 Å². The van der Waals surface area contributed by atoms with E-state index in [0.717, 1.165) is 25.3 Å². The zero-order valence-electron chi connectivity index (χ0n) is 12.8. The molecule has 1 amide bonds. The second-order valence-electron chi connectivity index (χ2n) is 6.51. The topological polar surface area (TPSA) is 58.4 Å². The maximum Gasteiger partial charge on any atom is 0.224 e. The van der Waals surface area contributed by atoms with Crippen molar-refractivity contribution in [2.24, 2.45) is 17.6 Å². The molecule has 1 aliphatic heterocycles. The fourth-order valence-electron chi connectivity index (χ4n) is 3.65. The van der Waals surface area contributed by atoms with Crippen LogP contribution in [0.2, 0.25) is 0 Å². The molecule has 3 N–H and O–H groups in total. The lowest BCUT2D eigenvalue weighted by Gasteiger charge is -2.33. The predicted molar refractivity (Wildman–Crippen MR) is 82.4 cm³/mol. The average molecular weight is 281 g/mol. The lowest BCUT2D eigenvalue weighted by atomic mass is 9.86. The maximum absolute atomic E-state index is 12.0. The quantitative estimate of drug-likeness (QED) is 0.780. The van der Waals surface area contributed by atoms with Crippen LogP contribution in [0.4, 0.5) is 0 Å². The number of nitrogens with one attached hydrogen (secondary N) is 1. The summed E-state index contributed by atoms with van der Waals surface area (Å²) >= 11 is 0. The second-order valence-corrected chi connectivity index (χ2v) is 6.51. The molecule has 116 valence electrons. The van der Waals surface area contributed by atoms with Crippen molar-refractivity contribution in [1.82, 2.24) is 10.2 Å². The summed E-state index contributed by atoms with van der Waals surface area (Å²) in [5.41, 5.74) is 5.44. The Balaban J connectivity index is 1.68. The van der Waals surface area contributed by atoms with Gasteiger partial charge >= 0.3 is 0 Å². The van der Waals surface area contributed by atoms with Gasteiger partial charge in [0, 0.05) is 19.6 Å². The van der Waals surface area contributed by atoms with Gasteiger partial charge in [-0.3, -0.25) is 4.79 Å². The van der Waals surface area contributed by atoms with Gasteiger partial charge in [0.2, 0.25) is 5.91 Å². The van der Waals surface area contributed by atoms with Crippen molar-refractivity contribution in [3.63, 3.8) is 0 Å². The molecule has 1 heterocycles. The van der Waals surface area contributed by atoms with E-state index < -0.39 is 0 Å². The predicted octanol–water partition coefficient (Wildman–Crippen LogP) is 1.74. The number of nitrogens with two attached hydrogens (primary N) is 1. The molecule has 0 radical (unpaired) electrons. The van der Waals surface area contributed by atoms with Crippen molar-refractivity contribution < 1.29 is 4.79 Å². The van der Waals surface area contributed by atoms with Crippen LogP contribution < -0.4 is 11.1 Å². The first-order valence-corrected chi connectivity index (χ1v) is 8.49. The number of piperidine rings is 1. The zero-order valence-corrected chi connectivity index (χ0v) is 12.8. The Hall–Kier alpha value is -0.610. The highest BCUT2D eigenvalue weighted by Crippen LogP contribution is 2.27. The number of hydrogen-bond donors (Lipinski definition) is 2. The van der Waals surface area contributed by atoms with E-state index >= 15 is 0 Å². The lowest BCUT2D eigenvalue weighted by molar-refractivity contribution is -0.126. The van der Waals surface area contributed by atoms with Crippen molar-refractivity contribution in [1.29, 1.82) is 0 Å². The van der Waals surface area contributed by atoms with Crippen LogP contribution in [0, 0.1) is 11.8 Å². The molecule has 0 aromatic rings. The molecule has 0 spiro atoms. The van der Waals surface area contributed by atoms with E-state index in [2.05, 4.69) is 10.2 Å². The highest BCUT2D eigenvalue weighted by molar-refractivity contribution is 5.78. The third-order valence-corrected chi connectivity index (χ3v) is 4.90. The first kappa shape index (κ1) is 15.8. The Morgan fingerprint density at radius 1 is 1.15 bits per heavy atom. The molecule has 1 aliphatic carbocycles. The summed E-state index contributed by atoms with van der Waals surface area (Å²) in [4.78, 5) is 14.5. The van der Waals surface area contributed by atoms with E-state index in [4.69, 9.17) is 5.73 Å². The molecule has 1 saturated heterocycles. The average Bonchev–Trinajstić information content (AvgIpc) is 2.52. The van der Waals surface area contributed by atoms with Gasteiger partial charge in [0.15, 0.2) is 0 Å². The largest absolute Gasteiger partial charge is 0.355 e. The summed E-state index contributed by atoms with van der Waals surface area (Å²) in [7, 11) is 0. The van der Waals surface area contributed by atoms with Crippen LogP contribution in [0.1, 0.15) is 51.4 Å². The van der Waals surface area contributed by atoms with E-state index in [1.807, 2.05) is 0 Å². The first-order valence-electron chi connectivity index (χ1n) is 8.49. The van der Waals surface area contributed by atoms with Crippen LogP contribution in [-0.4, -0.2) is 43.5 Å². The van der Waals surface area contributed by atoms with Crippen LogP contribution in [0.3, 0.4) is 0 Å². The molecule has 2 fully saturated rings. The van der Waals surface area contributed by atoms with Crippen molar-refractivity contribution in [3.8, 4) is 0 Å². The Morgan fingerprint density at radius 3 is 2.70 bits per heavy atom.